The third-order valence-corrected chi connectivity index (χ3v) is 6.40. The number of carbonyl (C=O) groups excluding carboxylic acids is 1. The van der Waals surface area contributed by atoms with Crippen LogP contribution in [0.25, 0.3) is 0 Å². The number of carbonyl (C=O) groups is 1. The lowest BCUT2D eigenvalue weighted by molar-refractivity contribution is -0.134. The quantitative estimate of drug-likeness (QED) is 0.728. The first-order valence-electron chi connectivity index (χ1n) is 10.4. The molecule has 2 aliphatic heterocycles. The van der Waals surface area contributed by atoms with Gasteiger partial charge in [-0.2, -0.15) is 0 Å². The van der Waals surface area contributed by atoms with Gasteiger partial charge in [0.2, 0.25) is 5.91 Å². The van der Waals surface area contributed by atoms with E-state index in [9.17, 15) is 13.6 Å². The average molecular weight is 398 g/mol. The van der Waals surface area contributed by atoms with E-state index in [-0.39, 0.29) is 35.2 Å². The predicted octanol–water partition coefficient (Wildman–Crippen LogP) is 4.95. The number of amides is 1. The van der Waals surface area contributed by atoms with E-state index in [1.807, 2.05) is 12.1 Å². The highest BCUT2D eigenvalue weighted by atomic mass is 19.1. The van der Waals surface area contributed by atoms with Crippen molar-refractivity contribution in [3.63, 3.8) is 0 Å². The van der Waals surface area contributed by atoms with Crippen LogP contribution in [0.1, 0.15) is 45.1 Å². The number of likely N-dealkylation sites (tertiary alicyclic amines) is 1. The summed E-state index contributed by atoms with van der Waals surface area (Å²) in [5.41, 5.74) is 1.89. The van der Waals surface area contributed by atoms with E-state index in [2.05, 4.69) is 23.6 Å². The first-order valence-corrected chi connectivity index (χ1v) is 10.4. The number of nitrogens with zero attached hydrogens (tertiary/aromatic N) is 2. The summed E-state index contributed by atoms with van der Waals surface area (Å²) in [6.45, 7) is 5.20. The fraction of sp³-hybridized carbons (Fsp3) is 0.458. The van der Waals surface area contributed by atoms with Gasteiger partial charge in [0.05, 0.1) is 12.1 Å². The summed E-state index contributed by atoms with van der Waals surface area (Å²) < 4.78 is 26.5. The summed E-state index contributed by atoms with van der Waals surface area (Å²) in [4.78, 5) is 17.5. The Hall–Kier alpha value is -2.43. The number of anilines is 1. The summed E-state index contributed by atoms with van der Waals surface area (Å²) in [5, 5.41) is 0. The van der Waals surface area contributed by atoms with Crippen LogP contribution in [0, 0.1) is 11.6 Å². The molecule has 2 aromatic rings. The molecule has 2 fully saturated rings. The predicted molar refractivity (Wildman–Crippen MR) is 111 cm³/mol. The highest BCUT2D eigenvalue weighted by Gasteiger charge is 2.50. The summed E-state index contributed by atoms with van der Waals surface area (Å²) in [7, 11) is 0. The van der Waals surface area contributed by atoms with Crippen LogP contribution in [0.2, 0.25) is 0 Å². The molecular formula is C24H28F2N2O. The lowest BCUT2D eigenvalue weighted by Crippen LogP contribution is -2.52. The molecule has 0 aromatic heterocycles. The van der Waals surface area contributed by atoms with Crippen molar-refractivity contribution in [2.45, 2.75) is 63.6 Å². The molecule has 0 aliphatic carbocycles. The molecule has 3 nitrogen and oxygen atoms in total. The lowest BCUT2D eigenvalue weighted by Gasteiger charge is -2.42. The van der Waals surface area contributed by atoms with Crippen LogP contribution >= 0.6 is 0 Å². The molecule has 0 bridgehead atoms. The molecule has 5 heteroatoms. The second-order valence-corrected chi connectivity index (χ2v) is 8.85. The number of piperidine rings is 1. The van der Waals surface area contributed by atoms with Crippen LogP contribution in [-0.2, 0) is 11.2 Å². The van der Waals surface area contributed by atoms with E-state index in [0.717, 1.165) is 37.1 Å². The molecule has 0 radical (unpaired) electrons. The average Bonchev–Trinajstić information content (AvgIpc) is 2.98. The maximum absolute atomic E-state index is 13.4. The molecule has 0 unspecified atom stereocenters. The number of fused-ring (bicyclic) bond motifs is 1. The van der Waals surface area contributed by atoms with Crippen LogP contribution < -0.4 is 4.90 Å². The Bertz CT molecular complexity index is 863. The van der Waals surface area contributed by atoms with Crippen LogP contribution in [-0.4, -0.2) is 35.0 Å². The molecule has 2 saturated heterocycles. The van der Waals surface area contributed by atoms with Gasteiger partial charge < -0.3 is 9.80 Å². The number of benzene rings is 2. The first-order chi connectivity index (χ1) is 13.8. The molecule has 29 heavy (non-hydrogen) atoms. The molecule has 0 N–H and O–H groups in total. The second-order valence-electron chi connectivity index (χ2n) is 8.85. The SMILES string of the molecule is CC1(C)C[C@H]2[C@H](CCCN2C(=O)CCc2ccc(F)cc2)N1c1ccc(F)cc1. The molecule has 0 spiro atoms. The smallest absolute Gasteiger partial charge is 0.223 e. The number of hydrogen-bond donors (Lipinski definition) is 0. The molecule has 2 atom stereocenters. The molecule has 154 valence electrons. The van der Waals surface area contributed by atoms with Gasteiger partial charge in [0.25, 0.3) is 0 Å². The van der Waals surface area contributed by atoms with Crippen molar-refractivity contribution >= 4 is 11.6 Å². The van der Waals surface area contributed by atoms with Gasteiger partial charge in [0.15, 0.2) is 0 Å². The normalized spacial score (nSPS) is 23.2. The number of aryl methyl sites for hydroxylation is 1. The largest absolute Gasteiger partial charge is 0.361 e. The molecule has 0 saturated carbocycles. The maximum Gasteiger partial charge on any atom is 0.223 e. The van der Waals surface area contributed by atoms with Crippen LogP contribution in [0.15, 0.2) is 48.5 Å². The van der Waals surface area contributed by atoms with Crippen molar-refractivity contribution in [2.24, 2.45) is 0 Å². The highest BCUT2D eigenvalue weighted by molar-refractivity contribution is 5.77. The summed E-state index contributed by atoms with van der Waals surface area (Å²) in [5.74, 6) is -0.322. The minimum absolute atomic E-state index is 0.104. The number of hydrogen-bond acceptors (Lipinski definition) is 2. The second kappa shape index (κ2) is 7.77. The Morgan fingerprint density at radius 1 is 1.00 bits per heavy atom. The first kappa shape index (κ1) is 19.9. The van der Waals surface area contributed by atoms with E-state index in [1.165, 1.54) is 24.3 Å². The summed E-state index contributed by atoms with van der Waals surface area (Å²) in [6, 6.07) is 13.5. The van der Waals surface area contributed by atoms with E-state index in [1.54, 1.807) is 12.1 Å². The van der Waals surface area contributed by atoms with Gasteiger partial charge in [-0.25, -0.2) is 8.78 Å². The van der Waals surface area contributed by atoms with Crippen molar-refractivity contribution in [1.82, 2.24) is 4.90 Å². The van der Waals surface area contributed by atoms with E-state index >= 15 is 0 Å². The van der Waals surface area contributed by atoms with E-state index in [4.69, 9.17) is 0 Å². The summed E-state index contributed by atoms with van der Waals surface area (Å²) >= 11 is 0. The topological polar surface area (TPSA) is 23.6 Å². The van der Waals surface area contributed by atoms with Gasteiger partial charge in [-0.05, 0) is 81.5 Å². The van der Waals surface area contributed by atoms with Gasteiger partial charge in [0.1, 0.15) is 11.6 Å². The summed E-state index contributed by atoms with van der Waals surface area (Å²) in [6.07, 6.45) is 3.96. The van der Waals surface area contributed by atoms with Gasteiger partial charge >= 0.3 is 0 Å². The van der Waals surface area contributed by atoms with Crippen molar-refractivity contribution < 1.29 is 13.6 Å². The van der Waals surface area contributed by atoms with Crippen molar-refractivity contribution in [3.05, 3.63) is 65.7 Å². The minimum Gasteiger partial charge on any atom is -0.361 e. The van der Waals surface area contributed by atoms with Crippen LogP contribution in [0.3, 0.4) is 0 Å². The monoisotopic (exact) mass is 398 g/mol. The maximum atomic E-state index is 13.4. The number of halogens is 2. The third-order valence-electron chi connectivity index (χ3n) is 6.40. The van der Waals surface area contributed by atoms with Gasteiger partial charge in [-0.15, -0.1) is 0 Å². The zero-order valence-electron chi connectivity index (χ0n) is 17.1. The highest BCUT2D eigenvalue weighted by Crippen LogP contribution is 2.43. The number of rotatable bonds is 4. The fourth-order valence-corrected chi connectivity index (χ4v) is 5.14. The fourth-order valence-electron chi connectivity index (χ4n) is 5.14. The van der Waals surface area contributed by atoms with Crippen LogP contribution in [0.4, 0.5) is 14.5 Å². The third kappa shape index (κ3) is 4.00. The molecule has 1 amide bonds. The van der Waals surface area contributed by atoms with Crippen molar-refractivity contribution in [3.8, 4) is 0 Å². The minimum atomic E-state index is -0.256. The zero-order valence-corrected chi connectivity index (χ0v) is 17.1. The van der Waals surface area contributed by atoms with Gasteiger partial charge in [0, 0.05) is 24.2 Å². The molecule has 4 rings (SSSR count). The standard InChI is InChI=1S/C24H28F2N2O/c1-24(2)16-22-21(28(24)20-12-10-19(26)11-13-20)4-3-15-27(22)23(29)14-7-17-5-8-18(25)9-6-17/h5-6,8-13,21-22H,3-4,7,14-16H2,1-2H3/t21-,22-/m0/s1. The molecular weight excluding hydrogens is 370 g/mol. The molecule has 2 aromatic carbocycles. The Morgan fingerprint density at radius 2 is 1.62 bits per heavy atom. The van der Waals surface area contributed by atoms with E-state index < -0.39 is 0 Å². The lowest BCUT2D eigenvalue weighted by atomic mass is 9.93. The van der Waals surface area contributed by atoms with Crippen molar-refractivity contribution in [2.75, 3.05) is 11.4 Å². The Labute approximate surface area is 171 Å². The Kier molecular flexibility index (Phi) is 5.32. The molecule has 2 heterocycles. The zero-order chi connectivity index (χ0) is 20.6. The van der Waals surface area contributed by atoms with E-state index in [0.29, 0.717) is 12.8 Å². The Morgan fingerprint density at radius 3 is 2.28 bits per heavy atom. The molecule has 2 aliphatic rings. The van der Waals surface area contributed by atoms with Crippen molar-refractivity contribution in [1.29, 1.82) is 0 Å². The Balaban J connectivity index is 1.49. The van der Waals surface area contributed by atoms with Gasteiger partial charge in [-0.3, -0.25) is 4.79 Å². The van der Waals surface area contributed by atoms with Crippen LogP contribution in [0.5, 0.6) is 0 Å². The van der Waals surface area contributed by atoms with Gasteiger partial charge in [-0.1, -0.05) is 12.1 Å².